The summed E-state index contributed by atoms with van der Waals surface area (Å²) < 4.78 is 47.3. The molecule has 0 aliphatic carbocycles. The molecule has 2 aromatic carbocycles. The van der Waals surface area contributed by atoms with Crippen molar-refractivity contribution in [3.63, 3.8) is 0 Å². The summed E-state index contributed by atoms with van der Waals surface area (Å²) in [5, 5.41) is 0. The van der Waals surface area contributed by atoms with E-state index in [-0.39, 0.29) is 18.0 Å². The van der Waals surface area contributed by atoms with Gasteiger partial charge in [-0.25, -0.2) is 17.6 Å². The van der Waals surface area contributed by atoms with Gasteiger partial charge in [0.1, 0.15) is 11.4 Å². The van der Waals surface area contributed by atoms with Gasteiger partial charge in [-0.2, -0.15) is 4.31 Å². The topological polar surface area (TPSA) is 66.9 Å². The molecule has 1 aliphatic heterocycles. The number of hydrogen-bond donors (Lipinski definition) is 0. The van der Waals surface area contributed by atoms with Gasteiger partial charge in [-0.05, 0) is 63.4 Å². The second kappa shape index (κ2) is 9.36. The number of piperidine rings is 1. The van der Waals surface area contributed by atoms with Crippen LogP contribution >= 0.6 is 0 Å². The minimum absolute atomic E-state index is 0.0271. The van der Waals surface area contributed by atoms with Crippen LogP contribution in [0.25, 0.3) is 0 Å². The molecule has 1 heterocycles. The Kier molecular flexibility index (Phi) is 7.01. The molecule has 0 aromatic heterocycles. The number of nitrogens with zero attached hydrogens (tertiary/aromatic N) is 2. The number of amides is 1. The number of likely N-dealkylation sites (tertiary alicyclic amines) is 1. The molecule has 0 saturated carbocycles. The maximum absolute atomic E-state index is 13.5. The molecule has 0 spiro atoms. The van der Waals surface area contributed by atoms with Crippen LogP contribution in [-0.2, 0) is 21.3 Å². The van der Waals surface area contributed by atoms with Crippen LogP contribution in [0.3, 0.4) is 0 Å². The monoisotopic (exact) mass is 448 g/mol. The van der Waals surface area contributed by atoms with Crippen molar-refractivity contribution in [1.82, 2.24) is 9.21 Å². The molecular formula is C23H29FN2O4S. The standard InChI is InChI=1S/C23H29FN2O4S/c1-23(2,3)30-22(27)25-15-7-10-20(17-25)26(16-18-8-5-4-6-9-18)31(28,29)21-13-11-19(24)12-14-21/h4-6,8-9,11-14,20H,7,10,15-17H2,1-3H3. The minimum Gasteiger partial charge on any atom is -0.444 e. The summed E-state index contributed by atoms with van der Waals surface area (Å²) in [6.07, 6.45) is 0.830. The van der Waals surface area contributed by atoms with E-state index in [0.29, 0.717) is 19.4 Å². The third kappa shape index (κ3) is 6.04. The van der Waals surface area contributed by atoms with E-state index in [9.17, 15) is 17.6 Å². The predicted octanol–water partition coefficient (Wildman–Crippen LogP) is 4.42. The number of carbonyl (C=O) groups excluding carboxylic acids is 1. The highest BCUT2D eigenvalue weighted by molar-refractivity contribution is 7.89. The highest BCUT2D eigenvalue weighted by Crippen LogP contribution is 2.27. The van der Waals surface area contributed by atoms with Gasteiger partial charge in [-0.3, -0.25) is 0 Å². The van der Waals surface area contributed by atoms with Crippen molar-refractivity contribution in [1.29, 1.82) is 0 Å². The third-order valence-electron chi connectivity index (χ3n) is 5.06. The van der Waals surface area contributed by atoms with Crippen molar-refractivity contribution in [2.45, 2.75) is 56.7 Å². The van der Waals surface area contributed by atoms with Gasteiger partial charge in [0.25, 0.3) is 0 Å². The lowest BCUT2D eigenvalue weighted by Crippen LogP contribution is -2.52. The van der Waals surface area contributed by atoms with Crippen LogP contribution in [0.4, 0.5) is 9.18 Å². The van der Waals surface area contributed by atoms with Crippen LogP contribution < -0.4 is 0 Å². The Hall–Kier alpha value is -2.45. The summed E-state index contributed by atoms with van der Waals surface area (Å²) in [5.74, 6) is -0.498. The van der Waals surface area contributed by atoms with Crippen LogP contribution in [0.2, 0.25) is 0 Å². The van der Waals surface area contributed by atoms with Crippen molar-refractivity contribution in [2.75, 3.05) is 13.1 Å². The summed E-state index contributed by atoms with van der Waals surface area (Å²) in [7, 11) is -3.91. The number of rotatable bonds is 5. The molecule has 2 aromatic rings. The molecule has 0 bridgehead atoms. The number of ether oxygens (including phenoxy) is 1. The molecule has 1 unspecified atom stereocenters. The van der Waals surface area contributed by atoms with E-state index in [0.717, 1.165) is 17.7 Å². The second-order valence-corrected chi connectivity index (χ2v) is 10.6. The average molecular weight is 449 g/mol. The van der Waals surface area contributed by atoms with E-state index in [1.54, 1.807) is 25.7 Å². The Bertz CT molecular complexity index is 988. The van der Waals surface area contributed by atoms with Crippen LogP contribution in [0.15, 0.2) is 59.5 Å². The Morgan fingerprint density at radius 1 is 1.13 bits per heavy atom. The normalized spacial score (nSPS) is 17.6. The van der Waals surface area contributed by atoms with E-state index in [2.05, 4.69) is 0 Å². The lowest BCUT2D eigenvalue weighted by Gasteiger charge is -2.39. The van der Waals surface area contributed by atoms with Gasteiger partial charge >= 0.3 is 6.09 Å². The fraction of sp³-hybridized carbons (Fsp3) is 0.435. The van der Waals surface area contributed by atoms with Crippen LogP contribution in [-0.4, -0.2) is 48.4 Å². The van der Waals surface area contributed by atoms with E-state index in [1.807, 2.05) is 30.3 Å². The smallest absolute Gasteiger partial charge is 0.410 e. The highest BCUT2D eigenvalue weighted by atomic mass is 32.2. The van der Waals surface area contributed by atoms with Crippen molar-refractivity contribution >= 4 is 16.1 Å². The fourth-order valence-electron chi connectivity index (χ4n) is 3.60. The Balaban J connectivity index is 1.90. The lowest BCUT2D eigenvalue weighted by molar-refractivity contribution is 0.0152. The SMILES string of the molecule is CC(C)(C)OC(=O)N1CCCC(N(Cc2ccccc2)S(=O)(=O)c2ccc(F)cc2)C1. The number of benzene rings is 2. The van der Waals surface area contributed by atoms with Gasteiger partial charge in [0.05, 0.1) is 4.90 Å². The summed E-state index contributed by atoms with van der Waals surface area (Å²) in [4.78, 5) is 14.2. The lowest BCUT2D eigenvalue weighted by atomic mass is 10.1. The van der Waals surface area contributed by atoms with Crippen LogP contribution in [0, 0.1) is 5.82 Å². The molecule has 0 N–H and O–H groups in total. The number of hydrogen-bond acceptors (Lipinski definition) is 4. The molecule has 6 nitrogen and oxygen atoms in total. The third-order valence-corrected chi connectivity index (χ3v) is 6.97. The fourth-order valence-corrected chi connectivity index (χ4v) is 5.23. The first-order valence-electron chi connectivity index (χ1n) is 10.4. The van der Waals surface area contributed by atoms with E-state index >= 15 is 0 Å². The zero-order valence-corrected chi connectivity index (χ0v) is 18.9. The quantitative estimate of drug-likeness (QED) is 0.679. The van der Waals surface area contributed by atoms with Gasteiger partial charge < -0.3 is 9.64 Å². The maximum Gasteiger partial charge on any atom is 0.410 e. The van der Waals surface area contributed by atoms with Crippen molar-refractivity contribution in [2.24, 2.45) is 0 Å². The molecule has 168 valence electrons. The van der Waals surface area contributed by atoms with Crippen molar-refractivity contribution < 1.29 is 22.3 Å². The van der Waals surface area contributed by atoms with Crippen molar-refractivity contribution in [3.8, 4) is 0 Å². The molecule has 31 heavy (non-hydrogen) atoms. The molecule has 1 atom stereocenters. The van der Waals surface area contributed by atoms with E-state index < -0.39 is 33.6 Å². The molecule has 1 amide bonds. The molecule has 1 fully saturated rings. The van der Waals surface area contributed by atoms with Crippen molar-refractivity contribution in [3.05, 3.63) is 66.0 Å². The molecule has 3 rings (SSSR count). The van der Waals surface area contributed by atoms with Gasteiger partial charge in [0, 0.05) is 25.7 Å². The van der Waals surface area contributed by atoms with Gasteiger partial charge in [-0.1, -0.05) is 30.3 Å². The summed E-state index contributed by atoms with van der Waals surface area (Å²) >= 11 is 0. The maximum atomic E-state index is 13.5. The zero-order chi connectivity index (χ0) is 22.6. The van der Waals surface area contributed by atoms with Gasteiger partial charge in [-0.15, -0.1) is 0 Å². The Morgan fingerprint density at radius 2 is 1.77 bits per heavy atom. The first-order valence-corrected chi connectivity index (χ1v) is 11.8. The average Bonchev–Trinajstić information content (AvgIpc) is 2.72. The first kappa shape index (κ1) is 23.2. The predicted molar refractivity (Wildman–Crippen MR) is 116 cm³/mol. The first-order chi connectivity index (χ1) is 14.6. The number of carbonyl (C=O) groups is 1. The van der Waals surface area contributed by atoms with Gasteiger partial charge in [0.2, 0.25) is 10.0 Å². The zero-order valence-electron chi connectivity index (χ0n) is 18.1. The number of halogens is 1. The molecule has 1 aliphatic rings. The highest BCUT2D eigenvalue weighted by Gasteiger charge is 2.36. The van der Waals surface area contributed by atoms with E-state index in [1.165, 1.54) is 16.4 Å². The summed E-state index contributed by atoms with van der Waals surface area (Å²) in [6.45, 7) is 6.31. The van der Waals surface area contributed by atoms with Crippen LogP contribution in [0.5, 0.6) is 0 Å². The number of sulfonamides is 1. The second-order valence-electron chi connectivity index (χ2n) is 8.71. The van der Waals surface area contributed by atoms with Crippen LogP contribution in [0.1, 0.15) is 39.2 Å². The summed E-state index contributed by atoms with van der Waals surface area (Å²) in [5.41, 5.74) is 0.205. The molecule has 1 saturated heterocycles. The largest absolute Gasteiger partial charge is 0.444 e. The molecular weight excluding hydrogens is 419 g/mol. The van der Waals surface area contributed by atoms with E-state index in [4.69, 9.17) is 4.74 Å². The Morgan fingerprint density at radius 3 is 2.39 bits per heavy atom. The minimum atomic E-state index is -3.91. The van der Waals surface area contributed by atoms with Gasteiger partial charge in [0.15, 0.2) is 0 Å². The summed E-state index contributed by atoms with van der Waals surface area (Å²) in [6, 6.07) is 13.7. The molecule has 8 heteroatoms. The molecule has 0 radical (unpaired) electrons. The Labute approximate surface area is 183 Å².